The number of ether oxygens (including phenoxy) is 2. The van der Waals surface area contributed by atoms with Crippen molar-refractivity contribution in [3.8, 4) is 11.5 Å². The molecule has 0 unspecified atom stereocenters. The summed E-state index contributed by atoms with van der Waals surface area (Å²) in [4.78, 5) is 0. The fourth-order valence-corrected chi connectivity index (χ4v) is 2.80. The van der Waals surface area contributed by atoms with Gasteiger partial charge in [-0.25, -0.2) is 0 Å². The minimum atomic E-state index is 0.565. The van der Waals surface area contributed by atoms with Crippen LogP contribution in [-0.4, -0.2) is 13.2 Å². The summed E-state index contributed by atoms with van der Waals surface area (Å²) in [6.45, 7) is 6.54. The number of benzene rings is 2. The van der Waals surface area contributed by atoms with Gasteiger partial charge in [0.25, 0.3) is 0 Å². The molecule has 5 heteroatoms. The van der Waals surface area contributed by atoms with E-state index < -0.39 is 0 Å². The standard InChI is InChI=1S/C19H23Cl2NO2/c1-3-9-24-19-17(21)10-14(11-18(19)23-4-2)12-22-13-15-7-5-6-8-16(15)20/h5-8,10-11,22H,3-4,9,12-13H2,1-2H3. The molecule has 3 nitrogen and oxygen atoms in total. The van der Waals surface area contributed by atoms with Crippen LogP contribution in [0, 0.1) is 0 Å². The molecule has 2 rings (SSSR count). The van der Waals surface area contributed by atoms with Crippen LogP contribution in [0.1, 0.15) is 31.4 Å². The van der Waals surface area contributed by atoms with E-state index in [-0.39, 0.29) is 0 Å². The van der Waals surface area contributed by atoms with Crippen molar-refractivity contribution in [1.29, 1.82) is 0 Å². The molecule has 0 aliphatic heterocycles. The second-order valence-corrected chi connectivity index (χ2v) is 6.20. The maximum absolute atomic E-state index is 6.37. The summed E-state index contributed by atoms with van der Waals surface area (Å²) in [5, 5.41) is 4.72. The molecule has 0 fully saturated rings. The van der Waals surface area contributed by atoms with Crippen molar-refractivity contribution < 1.29 is 9.47 Å². The summed E-state index contributed by atoms with van der Waals surface area (Å²) in [6, 6.07) is 11.7. The summed E-state index contributed by atoms with van der Waals surface area (Å²) >= 11 is 12.5. The van der Waals surface area contributed by atoms with E-state index in [9.17, 15) is 0 Å². The molecule has 0 heterocycles. The molecule has 24 heavy (non-hydrogen) atoms. The fourth-order valence-electron chi connectivity index (χ4n) is 2.31. The summed E-state index contributed by atoms with van der Waals surface area (Å²) in [5.74, 6) is 1.31. The average Bonchev–Trinajstić information content (AvgIpc) is 2.56. The van der Waals surface area contributed by atoms with E-state index in [1.807, 2.05) is 43.3 Å². The van der Waals surface area contributed by atoms with Crippen LogP contribution in [0.25, 0.3) is 0 Å². The Morgan fingerprint density at radius 2 is 1.75 bits per heavy atom. The first-order chi connectivity index (χ1) is 11.7. The van der Waals surface area contributed by atoms with Gasteiger partial charge in [-0.05, 0) is 42.7 Å². The van der Waals surface area contributed by atoms with Gasteiger partial charge in [0.1, 0.15) is 0 Å². The zero-order valence-corrected chi connectivity index (χ0v) is 15.6. The van der Waals surface area contributed by atoms with Crippen LogP contribution in [0.5, 0.6) is 11.5 Å². The van der Waals surface area contributed by atoms with Crippen molar-refractivity contribution in [2.24, 2.45) is 0 Å². The van der Waals surface area contributed by atoms with Crippen molar-refractivity contribution in [2.45, 2.75) is 33.4 Å². The van der Waals surface area contributed by atoms with Crippen molar-refractivity contribution >= 4 is 23.2 Å². The van der Waals surface area contributed by atoms with Crippen LogP contribution in [-0.2, 0) is 13.1 Å². The van der Waals surface area contributed by atoms with E-state index in [1.165, 1.54) is 0 Å². The second kappa shape index (κ2) is 9.77. The molecule has 0 radical (unpaired) electrons. The molecule has 0 aliphatic rings. The van der Waals surface area contributed by atoms with Gasteiger partial charge in [-0.15, -0.1) is 0 Å². The normalized spacial score (nSPS) is 10.7. The minimum Gasteiger partial charge on any atom is -0.490 e. The topological polar surface area (TPSA) is 30.5 Å². The largest absolute Gasteiger partial charge is 0.490 e. The Labute approximate surface area is 153 Å². The quantitative estimate of drug-likeness (QED) is 0.637. The van der Waals surface area contributed by atoms with Crippen molar-refractivity contribution in [3.05, 3.63) is 57.6 Å². The molecule has 0 bridgehead atoms. The predicted molar refractivity (Wildman–Crippen MR) is 100 cm³/mol. The van der Waals surface area contributed by atoms with E-state index in [2.05, 4.69) is 12.2 Å². The van der Waals surface area contributed by atoms with Crippen LogP contribution in [0.2, 0.25) is 10.0 Å². The third kappa shape index (κ3) is 5.30. The zero-order valence-electron chi connectivity index (χ0n) is 14.1. The van der Waals surface area contributed by atoms with Gasteiger partial charge in [-0.2, -0.15) is 0 Å². The van der Waals surface area contributed by atoms with Gasteiger partial charge < -0.3 is 14.8 Å². The van der Waals surface area contributed by atoms with E-state index in [0.29, 0.717) is 42.8 Å². The Morgan fingerprint density at radius 3 is 2.46 bits per heavy atom. The highest BCUT2D eigenvalue weighted by molar-refractivity contribution is 6.32. The minimum absolute atomic E-state index is 0.565. The van der Waals surface area contributed by atoms with Gasteiger partial charge >= 0.3 is 0 Å². The highest BCUT2D eigenvalue weighted by Gasteiger charge is 2.12. The van der Waals surface area contributed by atoms with Crippen molar-refractivity contribution in [3.63, 3.8) is 0 Å². The number of rotatable bonds is 9. The molecule has 1 N–H and O–H groups in total. The van der Waals surface area contributed by atoms with Gasteiger partial charge in [0, 0.05) is 18.1 Å². The SMILES string of the molecule is CCCOc1c(Cl)cc(CNCc2ccccc2Cl)cc1OCC. The summed E-state index contributed by atoms with van der Waals surface area (Å²) in [5.41, 5.74) is 2.11. The van der Waals surface area contributed by atoms with E-state index in [1.54, 1.807) is 0 Å². The zero-order chi connectivity index (χ0) is 17.4. The summed E-state index contributed by atoms with van der Waals surface area (Å²) < 4.78 is 11.4. The van der Waals surface area contributed by atoms with E-state index >= 15 is 0 Å². The number of hydrogen-bond donors (Lipinski definition) is 1. The predicted octanol–water partition coefficient (Wildman–Crippen LogP) is 5.47. The van der Waals surface area contributed by atoms with Crippen molar-refractivity contribution in [1.82, 2.24) is 5.32 Å². The second-order valence-electron chi connectivity index (χ2n) is 5.38. The van der Waals surface area contributed by atoms with Gasteiger partial charge in [-0.1, -0.05) is 48.3 Å². The summed E-state index contributed by atoms with van der Waals surface area (Å²) in [7, 11) is 0. The molecule has 0 saturated heterocycles. The molecule has 2 aromatic carbocycles. The van der Waals surface area contributed by atoms with Crippen LogP contribution >= 0.6 is 23.2 Å². The Bertz CT molecular complexity index is 662. The third-order valence-corrected chi connectivity index (χ3v) is 4.07. The smallest absolute Gasteiger partial charge is 0.179 e. The van der Waals surface area contributed by atoms with E-state index in [4.69, 9.17) is 32.7 Å². The van der Waals surface area contributed by atoms with Crippen LogP contribution in [0.4, 0.5) is 0 Å². The molecule has 0 spiro atoms. The third-order valence-electron chi connectivity index (χ3n) is 3.42. The molecule has 130 valence electrons. The van der Waals surface area contributed by atoms with Crippen LogP contribution < -0.4 is 14.8 Å². The van der Waals surface area contributed by atoms with Gasteiger partial charge in [-0.3, -0.25) is 0 Å². The average molecular weight is 368 g/mol. The van der Waals surface area contributed by atoms with Gasteiger partial charge in [0.05, 0.1) is 18.2 Å². The first-order valence-corrected chi connectivity index (χ1v) is 8.93. The molecule has 0 aliphatic carbocycles. The Morgan fingerprint density at radius 1 is 0.958 bits per heavy atom. The molecule has 0 amide bonds. The lowest BCUT2D eigenvalue weighted by Gasteiger charge is -2.15. The highest BCUT2D eigenvalue weighted by Crippen LogP contribution is 2.36. The van der Waals surface area contributed by atoms with Gasteiger partial charge in [0.15, 0.2) is 11.5 Å². The highest BCUT2D eigenvalue weighted by atomic mass is 35.5. The fraction of sp³-hybridized carbons (Fsp3) is 0.368. The molecule has 2 aromatic rings. The first-order valence-electron chi connectivity index (χ1n) is 8.17. The molecule has 0 aromatic heterocycles. The summed E-state index contributed by atoms with van der Waals surface area (Å²) in [6.07, 6.45) is 0.920. The maximum atomic E-state index is 6.37. The van der Waals surface area contributed by atoms with Gasteiger partial charge in [0.2, 0.25) is 0 Å². The number of nitrogens with one attached hydrogen (secondary N) is 1. The molecule has 0 saturated carbocycles. The first kappa shape index (κ1) is 18.9. The lowest BCUT2D eigenvalue weighted by molar-refractivity contribution is 0.277. The molecular formula is C19H23Cl2NO2. The monoisotopic (exact) mass is 367 g/mol. The molecular weight excluding hydrogens is 345 g/mol. The lowest BCUT2D eigenvalue weighted by Crippen LogP contribution is -2.13. The Hall–Kier alpha value is -1.42. The maximum Gasteiger partial charge on any atom is 0.179 e. The van der Waals surface area contributed by atoms with Crippen molar-refractivity contribution in [2.75, 3.05) is 13.2 Å². The van der Waals surface area contributed by atoms with Crippen LogP contribution in [0.3, 0.4) is 0 Å². The Kier molecular flexibility index (Phi) is 7.70. The number of hydrogen-bond acceptors (Lipinski definition) is 3. The lowest BCUT2D eigenvalue weighted by atomic mass is 10.1. The Balaban J connectivity index is 2.06. The van der Waals surface area contributed by atoms with E-state index in [0.717, 1.165) is 22.6 Å². The molecule has 0 atom stereocenters. The number of halogens is 2. The van der Waals surface area contributed by atoms with Crippen LogP contribution in [0.15, 0.2) is 36.4 Å².